The van der Waals surface area contributed by atoms with Gasteiger partial charge in [-0.3, -0.25) is 18.8 Å². The summed E-state index contributed by atoms with van der Waals surface area (Å²) in [6, 6.07) is 9.29. The van der Waals surface area contributed by atoms with Gasteiger partial charge in [0, 0.05) is 50.7 Å². The van der Waals surface area contributed by atoms with E-state index >= 15 is 0 Å². The van der Waals surface area contributed by atoms with Crippen LogP contribution in [0.2, 0.25) is 0 Å². The van der Waals surface area contributed by atoms with Crippen LogP contribution >= 0.6 is 0 Å². The molecule has 10 heteroatoms. The van der Waals surface area contributed by atoms with Crippen LogP contribution < -0.4 is 15.8 Å². The first-order valence-corrected chi connectivity index (χ1v) is 10.2. The van der Waals surface area contributed by atoms with Crippen LogP contribution in [-0.4, -0.2) is 57.4 Å². The number of aromatic nitrogens is 2. The highest BCUT2D eigenvalue weighted by Crippen LogP contribution is 2.21. The summed E-state index contributed by atoms with van der Waals surface area (Å²) >= 11 is 0. The minimum absolute atomic E-state index is 0.0475. The lowest BCUT2D eigenvalue weighted by Crippen LogP contribution is -2.48. The van der Waals surface area contributed by atoms with E-state index in [4.69, 9.17) is 5.26 Å². The SMILES string of the molecule is CC(=O)N1CCN(c2ccc(Nc3nc(S(C)=O)c(C#N)c(=O)[nH]3)cc2)CC1. The molecule has 0 aliphatic carbocycles. The van der Waals surface area contributed by atoms with E-state index in [0.29, 0.717) is 18.8 Å². The number of carbonyl (C=O) groups excluding carboxylic acids is 1. The second-order valence-electron chi connectivity index (χ2n) is 6.33. The Kier molecular flexibility index (Phi) is 5.75. The molecular formula is C18H20N6O3S. The average Bonchev–Trinajstić information content (AvgIpc) is 2.68. The van der Waals surface area contributed by atoms with Crippen LogP contribution in [0.3, 0.4) is 0 Å². The average molecular weight is 400 g/mol. The molecule has 1 aromatic heterocycles. The molecule has 0 spiro atoms. The predicted octanol–water partition coefficient (Wildman–Crippen LogP) is 0.791. The van der Waals surface area contributed by atoms with Crippen molar-refractivity contribution in [2.24, 2.45) is 0 Å². The molecule has 0 saturated carbocycles. The van der Waals surface area contributed by atoms with Crippen molar-refractivity contribution in [3.05, 3.63) is 40.2 Å². The molecule has 1 fully saturated rings. The number of amides is 1. The van der Waals surface area contributed by atoms with Crippen molar-refractivity contribution in [1.29, 1.82) is 5.26 Å². The summed E-state index contributed by atoms with van der Waals surface area (Å²) in [5.74, 6) is 0.215. The van der Waals surface area contributed by atoms with Crippen molar-refractivity contribution >= 4 is 34.0 Å². The fourth-order valence-corrected chi connectivity index (χ4v) is 3.64. The Morgan fingerprint density at radius 1 is 1.25 bits per heavy atom. The zero-order valence-electron chi connectivity index (χ0n) is 15.6. The maximum atomic E-state index is 12.0. The fourth-order valence-electron chi connectivity index (χ4n) is 2.99. The topological polar surface area (TPSA) is 122 Å². The number of H-pyrrole nitrogens is 1. The Morgan fingerprint density at radius 3 is 2.43 bits per heavy atom. The van der Waals surface area contributed by atoms with Gasteiger partial charge in [0.15, 0.2) is 10.6 Å². The highest BCUT2D eigenvalue weighted by Gasteiger charge is 2.19. The summed E-state index contributed by atoms with van der Waals surface area (Å²) in [6.07, 6.45) is 1.37. The van der Waals surface area contributed by atoms with Gasteiger partial charge in [-0.25, -0.2) is 4.98 Å². The zero-order chi connectivity index (χ0) is 20.3. The summed E-state index contributed by atoms with van der Waals surface area (Å²) in [7, 11) is -1.56. The molecule has 2 N–H and O–H groups in total. The summed E-state index contributed by atoms with van der Waals surface area (Å²) in [5, 5.41) is 12.0. The van der Waals surface area contributed by atoms with Crippen molar-refractivity contribution in [1.82, 2.24) is 14.9 Å². The minimum atomic E-state index is -1.56. The standard InChI is InChI=1S/C18H20N6O3S/c1-12(25)23-7-9-24(10-8-23)14-5-3-13(4-6-14)20-18-21-16(26)15(11-19)17(22-18)28(2)27/h3-6H,7-10H2,1-2H3,(H2,20,21,22,26). The largest absolute Gasteiger partial charge is 0.368 e. The lowest BCUT2D eigenvalue weighted by molar-refractivity contribution is -0.129. The molecule has 2 heterocycles. The lowest BCUT2D eigenvalue weighted by Gasteiger charge is -2.35. The monoisotopic (exact) mass is 400 g/mol. The van der Waals surface area contributed by atoms with E-state index in [1.165, 1.54) is 6.26 Å². The Hall–Kier alpha value is -3.19. The number of hydrogen-bond acceptors (Lipinski definition) is 7. The predicted molar refractivity (Wildman–Crippen MR) is 106 cm³/mol. The second-order valence-corrected chi connectivity index (χ2v) is 7.62. The van der Waals surface area contributed by atoms with Crippen molar-refractivity contribution in [3.8, 4) is 6.07 Å². The quantitative estimate of drug-likeness (QED) is 0.728. The smallest absolute Gasteiger partial charge is 0.271 e. The van der Waals surface area contributed by atoms with Gasteiger partial charge in [0.2, 0.25) is 11.9 Å². The van der Waals surface area contributed by atoms with Crippen LogP contribution in [0, 0.1) is 11.3 Å². The van der Waals surface area contributed by atoms with Gasteiger partial charge in [0.05, 0.1) is 10.8 Å². The number of anilines is 3. The molecule has 1 aromatic carbocycles. The molecule has 3 rings (SSSR count). The summed E-state index contributed by atoms with van der Waals surface area (Å²) < 4.78 is 11.8. The number of nitriles is 1. The van der Waals surface area contributed by atoms with Gasteiger partial charge in [-0.1, -0.05) is 0 Å². The van der Waals surface area contributed by atoms with Crippen molar-refractivity contribution in [2.75, 3.05) is 42.7 Å². The number of nitrogens with zero attached hydrogens (tertiary/aromatic N) is 4. The molecule has 9 nitrogen and oxygen atoms in total. The third-order valence-corrected chi connectivity index (χ3v) is 5.33. The number of nitrogens with one attached hydrogen (secondary N) is 2. The van der Waals surface area contributed by atoms with E-state index < -0.39 is 16.4 Å². The first-order valence-electron chi connectivity index (χ1n) is 8.64. The number of benzene rings is 1. The van der Waals surface area contributed by atoms with Gasteiger partial charge in [-0.2, -0.15) is 5.26 Å². The molecule has 1 aliphatic heterocycles. The fraction of sp³-hybridized carbons (Fsp3) is 0.333. The molecule has 28 heavy (non-hydrogen) atoms. The number of piperazine rings is 1. The molecule has 0 bridgehead atoms. The number of carbonyl (C=O) groups is 1. The number of aromatic amines is 1. The van der Waals surface area contributed by atoms with Crippen molar-refractivity contribution in [2.45, 2.75) is 11.9 Å². The van der Waals surface area contributed by atoms with Crippen LogP contribution in [0.25, 0.3) is 0 Å². The summed E-state index contributed by atoms with van der Waals surface area (Å²) in [6.45, 7) is 4.51. The first kappa shape index (κ1) is 19.6. The van der Waals surface area contributed by atoms with Gasteiger partial charge in [0.1, 0.15) is 6.07 Å². The zero-order valence-corrected chi connectivity index (χ0v) is 16.4. The third-order valence-electron chi connectivity index (χ3n) is 4.49. The highest BCUT2D eigenvalue weighted by atomic mass is 32.2. The number of rotatable bonds is 4. The molecule has 0 radical (unpaired) electrons. The van der Waals surface area contributed by atoms with Crippen LogP contribution in [-0.2, 0) is 15.6 Å². The van der Waals surface area contributed by atoms with Gasteiger partial charge in [0.25, 0.3) is 5.56 Å². The molecule has 2 aromatic rings. The van der Waals surface area contributed by atoms with E-state index in [0.717, 1.165) is 18.8 Å². The van der Waals surface area contributed by atoms with E-state index in [9.17, 15) is 13.8 Å². The highest BCUT2D eigenvalue weighted by molar-refractivity contribution is 7.84. The Balaban J connectivity index is 1.73. The molecule has 1 atom stereocenters. The molecule has 1 amide bonds. The molecular weight excluding hydrogens is 380 g/mol. The normalized spacial score (nSPS) is 15.0. The van der Waals surface area contributed by atoms with E-state index in [-0.39, 0.29) is 22.4 Å². The first-order chi connectivity index (χ1) is 13.4. The van der Waals surface area contributed by atoms with Gasteiger partial charge < -0.3 is 15.1 Å². The Labute approximate surface area is 164 Å². The van der Waals surface area contributed by atoms with Gasteiger partial charge in [-0.05, 0) is 24.3 Å². The van der Waals surface area contributed by atoms with E-state index in [1.54, 1.807) is 13.0 Å². The lowest BCUT2D eigenvalue weighted by atomic mass is 10.2. The van der Waals surface area contributed by atoms with Crippen LogP contribution in [0.15, 0.2) is 34.1 Å². The number of hydrogen-bond donors (Lipinski definition) is 2. The van der Waals surface area contributed by atoms with Crippen LogP contribution in [0.4, 0.5) is 17.3 Å². The molecule has 146 valence electrons. The van der Waals surface area contributed by atoms with Crippen LogP contribution in [0.1, 0.15) is 12.5 Å². The van der Waals surface area contributed by atoms with E-state index in [2.05, 4.69) is 20.2 Å². The maximum Gasteiger partial charge on any atom is 0.271 e. The van der Waals surface area contributed by atoms with Crippen LogP contribution in [0.5, 0.6) is 0 Å². The third kappa shape index (κ3) is 4.20. The Morgan fingerprint density at radius 2 is 1.89 bits per heavy atom. The summed E-state index contributed by atoms with van der Waals surface area (Å²) in [5.41, 5.74) is 0.841. The van der Waals surface area contributed by atoms with Crippen molar-refractivity contribution < 1.29 is 9.00 Å². The maximum absolute atomic E-state index is 12.0. The van der Waals surface area contributed by atoms with Gasteiger partial charge in [-0.15, -0.1) is 0 Å². The minimum Gasteiger partial charge on any atom is -0.368 e. The van der Waals surface area contributed by atoms with Crippen molar-refractivity contribution in [3.63, 3.8) is 0 Å². The molecule has 1 aliphatic rings. The molecule has 1 unspecified atom stereocenters. The Bertz CT molecular complexity index is 1000. The van der Waals surface area contributed by atoms with E-state index in [1.807, 2.05) is 29.2 Å². The summed E-state index contributed by atoms with van der Waals surface area (Å²) in [4.78, 5) is 34.0. The molecule has 1 saturated heterocycles. The van der Waals surface area contributed by atoms with Gasteiger partial charge >= 0.3 is 0 Å². The second kappa shape index (κ2) is 8.22.